The average Bonchev–Trinajstić information content (AvgIpc) is 3.38. The summed E-state index contributed by atoms with van der Waals surface area (Å²) in [5, 5.41) is 0. The van der Waals surface area contributed by atoms with Crippen molar-refractivity contribution in [2.75, 3.05) is 0 Å². The minimum absolute atomic E-state index is 0.194. The van der Waals surface area contributed by atoms with Crippen LogP contribution in [0.25, 0.3) is 0 Å². The summed E-state index contributed by atoms with van der Waals surface area (Å²) in [6.07, 6.45) is 0. The summed E-state index contributed by atoms with van der Waals surface area (Å²) in [6, 6.07) is 21.2. The second-order valence-corrected chi connectivity index (χ2v) is 10.6. The summed E-state index contributed by atoms with van der Waals surface area (Å²) in [5.74, 6) is -0.534. The maximum Gasteiger partial charge on any atom is 0.347 e. The van der Waals surface area contributed by atoms with E-state index in [0.29, 0.717) is 23.0 Å². The Labute approximate surface area is 235 Å². The summed E-state index contributed by atoms with van der Waals surface area (Å²) in [5.41, 5.74) is 4.44. The largest absolute Gasteiger partial charge is 0.457 e. The van der Waals surface area contributed by atoms with Crippen molar-refractivity contribution < 1.29 is 38.1 Å². The van der Waals surface area contributed by atoms with Gasteiger partial charge in [-0.15, -0.1) is 0 Å². The number of carbonyl (C=O) groups is 4. The second kappa shape index (κ2) is 9.45. The maximum atomic E-state index is 11.9. The summed E-state index contributed by atoms with van der Waals surface area (Å²) in [6.45, 7) is 8.15. The predicted octanol–water partition coefficient (Wildman–Crippen LogP) is 6.84. The Bertz CT molecular complexity index is 1680. The molecule has 0 amide bonds. The normalized spacial score (nSPS) is 14.0. The molecule has 8 heteroatoms. The average molecular weight is 549 g/mol. The SMILES string of the molecule is Cc1cc(C(C)(C)c2ccc(Oc3ccc4c(c3)C(=O)OC4=O)c(C)c2)ccc1Oc1ccc2c(c1)C(=O)OC2=O. The summed E-state index contributed by atoms with van der Waals surface area (Å²) in [4.78, 5) is 47.2. The van der Waals surface area contributed by atoms with Gasteiger partial charge < -0.3 is 18.9 Å². The number of hydrogen-bond acceptors (Lipinski definition) is 8. The lowest BCUT2D eigenvalue weighted by Crippen LogP contribution is -2.19. The van der Waals surface area contributed by atoms with Gasteiger partial charge in [-0.25, -0.2) is 19.2 Å². The van der Waals surface area contributed by atoms with Gasteiger partial charge in [0.1, 0.15) is 23.0 Å². The Hall–Kier alpha value is -5.24. The van der Waals surface area contributed by atoms with Gasteiger partial charge in [-0.2, -0.15) is 0 Å². The van der Waals surface area contributed by atoms with E-state index < -0.39 is 23.9 Å². The van der Waals surface area contributed by atoms with Gasteiger partial charge in [-0.3, -0.25) is 0 Å². The number of rotatable bonds is 6. The number of carbonyl (C=O) groups excluding carboxylic acids is 4. The van der Waals surface area contributed by atoms with E-state index in [0.717, 1.165) is 22.3 Å². The third-order valence-electron chi connectivity index (χ3n) is 7.48. The van der Waals surface area contributed by atoms with Crippen LogP contribution < -0.4 is 9.47 Å². The van der Waals surface area contributed by atoms with Crippen LogP contribution in [0, 0.1) is 13.8 Å². The quantitative estimate of drug-likeness (QED) is 0.191. The molecule has 6 rings (SSSR count). The van der Waals surface area contributed by atoms with Crippen molar-refractivity contribution in [3.8, 4) is 23.0 Å². The third-order valence-corrected chi connectivity index (χ3v) is 7.48. The molecule has 41 heavy (non-hydrogen) atoms. The number of cyclic esters (lactones) is 4. The highest BCUT2D eigenvalue weighted by Crippen LogP contribution is 2.38. The predicted molar refractivity (Wildman–Crippen MR) is 147 cm³/mol. The maximum absolute atomic E-state index is 11.9. The van der Waals surface area contributed by atoms with Gasteiger partial charge in [-0.05, 0) is 84.6 Å². The minimum atomic E-state index is -0.676. The smallest absolute Gasteiger partial charge is 0.347 e. The first-order chi connectivity index (χ1) is 19.5. The summed E-state index contributed by atoms with van der Waals surface area (Å²) in [7, 11) is 0. The zero-order valence-electron chi connectivity index (χ0n) is 22.7. The van der Waals surface area contributed by atoms with Crippen molar-refractivity contribution in [3.05, 3.63) is 117 Å². The Morgan fingerprint density at radius 3 is 1.29 bits per heavy atom. The monoisotopic (exact) mass is 548 g/mol. The van der Waals surface area contributed by atoms with Gasteiger partial charge in [-0.1, -0.05) is 38.1 Å². The summed E-state index contributed by atoms with van der Waals surface area (Å²) < 4.78 is 21.4. The molecule has 0 fully saturated rings. The second-order valence-electron chi connectivity index (χ2n) is 10.6. The molecule has 2 aliphatic heterocycles. The zero-order valence-corrected chi connectivity index (χ0v) is 22.7. The molecule has 0 unspecified atom stereocenters. The fraction of sp³-hybridized carbons (Fsp3) is 0.152. The Morgan fingerprint density at radius 1 is 0.512 bits per heavy atom. The molecule has 8 nitrogen and oxygen atoms in total. The van der Waals surface area contributed by atoms with E-state index in [9.17, 15) is 19.2 Å². The highest BCUT2D eigenvalue weighted by atomic mass is 16.6. The lowest BCUT2D eigenvalue weighted by molar-refractivity contribution is 0.0425. The van der Waals surface area contributed by atoms with Crippen molar-refractivity contribution in [2.45, 2.75) is 33.1 Å². The van der Waals surface area contributed by atoms with Crippen LogP contribution in [0.4, 0.5) is 0 Å². The molecule has 0 saturated heterocycles. The van der Waals surface area contributed by atoms with Gasteiger partial charge in [0, 0.05) is 5.41 Å². The molecule has 0 saturated carbocycles. The van der Waals surface area contributed by atoms with Crippen molar-refractivity contribution in [2.24, 2.45) is 0 Å². The van der Waals surface area contributed by atoms with Crippen molar-refractivity contribution in [3.63, 3.8) is 0 Å². The molecule has 2 aliphatic rings. The lowest BCUT2D eigenvalue weighted by Gasteiger charge is -2.28. The van der Waals surface area contributed by atoms with Crippen LogP contribution in [0.15, 0.2) is 72.8 Å². The number of ether oxygens (including phenoxy) is 4. The molecule has 4 aromatic carbocycles. The van der Waals surface area contributed by atoms with E-state index >= 15 is 0 Å². The third kappa shape index (κ3) is 4.53. The molecule has 4 aromatic rings. The van der Waals surface area contributed by atoms with Crippen LogP contribution in [0.1, 0.15) is 77.5 Å². The fourth-order valence-electron chi connectivity index (χ4n) is 4.98. The molecule has 204 valence electrons. The molecular weight excluding hydrogens is 524 g/mol. The topological polar surface area (TPSA) is 105 Å². The molecule has 0 aliphatic carbocycles. The van der Waals surface area contributed by atoms with E-state index in [1.165, 1.54) is 24.3 Å². The molecular formula is C33H24O8. The Kier molecular flexibility index (Phi) is 5.99. The van der Waals surface area contributed by atoms with E-state index in [-0.39, 0.29) is 27.7 Å². The van der Waals surface area contributed by atoms with Crippen molar-refractivity contribution in [1.29, 1.82) is 0 Å². The van der Waals surface area contributed by atoms with Gasteiger partial charge in [0.05, 0.1) is 22.3 Å². The molecule has 0 aromatic heterocycles. The van der Waals surface area contributed by atoms with Crippen LogP contribution in [0.3, 0.4) is 0 Å². The number of hydrogen-bond donors (Lipinski definition) is 0. The van der Waals surface area contributed by atoms with Crippen molar-refractivity contribution >= 4 is 23.9 Å². The van der Waals surface area contributed by atoms with Crippen LogP contribution >= 0.6 is 0 Å². The molecule has 0 bridgehead atoms. The highest BCUT2D eigenvalue weighted by Gasteiger charge is 2.31. The van der Waals surface area contributed by atoms with E-state index in [1.54, 1.807) is 12.1 Å². The first-order valence-electron chi connectivity index (χ1n) is 12.9. The van der Waals surface area contributed by atoms with E-state index in [4.69, 9.17) is 9.47 Å². The molecule has 0 N–H and O–H groups in total. The fourth-order valence-corrected chi connectivity index (χ4v) is 4.98. The first-order valence-corrected chi connectivity index (χ1v) is 12.9. The molecule has 0 radical (unpaired) electrons. The van der Waals surface area contributed by atoms with Gasteiger partial charge in [0.2, 0.25) is 0 Å². The van der Waals surface area contributed by atoms with Crippen LogP contribution in [0.5, 0.6) is 23.0 Å². The van der Waals surface area contributed by atoms with Crippen LogP contribution in [-0.4, -0.2) is 23.9 Å². The number of esters is 4. The molecule has 0 atom stereocenters. The zero-order chi connectivity index (χ0) is 29.1. The van der Waals surface area contributed by atoms with Crippen LogP contribution in [-0.2, 0) is 14.9 Å². The minimum Gasteiger partial charge on any atom is -0.457 e. The standard InChI is InChI=1S/C33H24O8/c1-17-13-19(5-11-27(17)38-21-7-9-23-25(15-21)31(36)40-29(23)34)33(3,4)20-6-12-28(18(2)14-20)39-22-8-10-24-26(16-22)32(37)41-30(24)35/h5-16H,1-4H3. The number of fused-ring (bicyclic) bond motifs is 2. The Morgan fingerprint density at radius 2 is 0.902 bits per heavy atom. The molecule has 2 heterocycles. The van der Waals surface area contributed by atoms with Gasteiger partial charge in [0.25, 0.3) is 0 Å². The van der Waals surface area contributed by atoms with Crippen molar-refractivity contribution in [1.82, 2.24) is 0 Å². The van der Waals surface area contributed by atoms with E-state index in [1.807, 2.05) is 38.1 Å². The lowest BCUT2D eigenvalue weighted by atomic mass is 9.77. The number of benzene rings is 4. The van der Waals surface area contributed by atoms with E-state index in [2.05, 4.69) is 35.5 Å². The highest BCUT2D eigenvalue weighted by molar-refractivity contribution is 6.15. The summed E-state index contributed by atoms with van der Waals surface area (Å²) >= 11 is 0. The first kappa shape index (κ1) is 26.0. The Balaban J connectivity index is 1.21. The number of aryl methyl sites for hydroxylation is 2. The van der Waals surface area contributed by atoms with Gasteiger partial charge in [0.15, 0.2) is 0 Å². The molecule has 0 spiro atoms. The van der Waals surface area contributed by atoms with Gasteiger partial charge >= 0.3 is 23.9 Å². The van der Waals surface area contributed by atoms with Crippen LogP contribution in [0.2, 0.25) is 0 Å².